The summed E-state index contributed by atoms with van der Waals surface area (Å²) >= 11 is 0. The van der Waals surface area contributed by atoms with Gasteiger partial charge in [0.1, 0.15) is 24.4 Å². The molecule has 5 nitrogen and oxygen atoms in total. The molecule has 0 aromatic carbocycles. The summed E-state index contributed by atoms with van der Waals surface area (Å²) in [6.45, 7) is 2.70. The molecule has 0 radical (unpaired) electrons. The number of rotatable bonds is 14. The molecule has 4 atom stereocenters. The zero-order valence-electron chi connectivity index (χ0n) is 15.8. The maximum Gasteiger partial charge on any atom is 0.111 e. The molecule has 5 heteroatoms. The van der Waals surface area contributed by atoms with Gasteiger partial charge in [0.05, 0.1) is 13.2 Å². The topological polar surface area (TPSA) is 79.2 Å². The molecule has 1 rings (SSSR count). The van der Waals surface area contributed by atoms with Gasteiger partial charge in [0.2, 0.25) is 0 Å². The van der Waals surface area contributed by atoms with Crippen LogP contribution in [0, 0.1) is 0 Å². The first kappa shape index (κ1) is 22.6. The molecule has 1 saturated heterocycles. The largest absolute Gasteiger partial charge is 0.394 e. The Kier molecular flexibility index (Phi) is 13.3. The SMILES string of the molecule is CCC/C=C/CCCCCCCCCO[C@@H]1CO[C@@H](CO)[C@H](O)[C@H]1O. The summed E-state index contributed by atoms with van der Waals surface area (Å²) in [6, 6.07) is 0. The van der Waals surface area contributed by atoms with E-state index < -0.39 is 24.4 Å². The number of ether oxygens (including phenoxy) is 2. The van der Waals surface area contributed by atoms with E-state index in [1.54, 1.807) is 0 Å². The maximum absolute atomic E-state index is 9.96. The van der Waals surface area contributed by atoms with Crippen LogP contribution in [0.1, 0.15) is 71.1 Å². The lowest BCUT2D eigenvalue weighted by Gasteiger charge is -2.36. The Labute approximate surface area is 153 Å². The standard InChI is InChI=1S/C20H38O5/c1-2-3-4-5-6-7-8-9-10-11-12-13-14-24-18-16-25-17(15-21)19(22)20(18)23/h4-5,17-23H,2-3,6-16H2,1H3/b5-4+/t17-,18+,19-,20-/m0/s1. The minimum Gasteiger partial charge on any atom is -0.394 e. The Morgan fingerprint density at radius 1 is 0.920 bits per heavy atom. The van der Waals surface area contributed by atoms with E-state index in [-0.39, 0.29) is 13.2 Å². The molecule has 0 spiro atoms. The van der Waals surface area contributed by atoms with Crippen molar-refractivity contribution >= 4 is 0 Å². The number of hydrogen-bond donors (Lipinski definition) is 3. The van der Waals surface area contributed by atoms with Crippen molar-refractivity contribution in [3.05, 3.63) is 12.2 Å². The van der Waals surface area contributed by atoms with Crippen LogP contribution in [0.2, 0.25) is 0 Å². The quantitative estimate of drug-likeness (QED) is 0.329. The van der Waals surface area contributed by atoms with Crippen molar-refractivity contribution in [2.24, 2.45) is 0 Å². The fourth-order valence-electron chi connectivity index (χ4n) is 3.05. The van der Waals surface area contributed by atoms with Gasteiger partial charge in [-0.2, -0.15) is 0 Å². The van der Waals surface area contributed by atoms with Crippen molar-refractivity contribution in [1.82, 2.24) is 0 Å². The van der Waals surface area contributed by atoms with Gasteiger partial charge in [-0.25, -0.2) is 0 Å². The maximum atomic E-state index is 9.96. The molecule has 1 aliphatic heterocycles. The first-order chi connectivity index (χ1) is 12.2. The summed E-state index contributed by atoms with van der Waals surface area (Å²) in [5, 5.41) is 28.8. The second-order valence-electron chi connectivity index (χ2n) is 6.97. The molecule has 0 bridgehead atoms. The molecule has 148 valence electrons. The zero-order valence-corrected chi connectivity index (χ0v) is 15.8. The van der Waals surface area contributed by atoms with Crippen LogP contribution >= 0.6 is 0 Å². The number of aliphatic hydroxyl groups is 3. The molecule has 0 amide bonds. The summed E-state index contributed by atoms with van der Waals surface area (Å²) in [7, 11) is 0. The summed E-state index contributed by atoms with van der Waals surface area (Å²) < 4.78 is 10.9. The molecule has 0 saturated carbocycles. The van der Waals surface area contributed by atoms with E-state index in [0.29, 0.717) is 6.61 Å². The molecule has 0 aromatic heterocycles. The van der Waals surface area contributed by atoms with E-state index in [1.165, 1.54) is 51.4 Å². The zero-order chi connectivity index (χ0) is 18.3. The van der Waals surface area contributed by atoms with Crippen molar-refractivity contribution in [3.63, 3.8) is 0 Å². The van der Waals surface area contributed by atoms with Crippen LogP contribution in [-0.4, -0.2) is 59.6 Å². The summed E-state index contributed by atoms with van der Waals surface area (Å²) in [5.41, 5.74) is 0. The average molecular weight is 359 g/mol. The predicted octanol–water partition coefficient (Wildman–Crippen LogP) is 2.96. The highest BCUT2D eigenvalue weighted by atomic mass is 16.6. The molecule has 1 fully saturated rings. The van der Waals surface area contributed by atoms with E-state index in [9.17, 15) is 10.2 Å². The van der Waals surface area contributed by atoms with Crippen molar-refractivity contribution in [2.45, 2.75) is 95.5 Å². The van der Waals surface area contributed by atoms with Crippen LogP contribution in [0.3, 0.4) is 0 Å². The van der Waals surface area contributed by atoms with Gasteiger partial charge < -0.3 is 24.8 Å². The Morgan fingerprint density at radius 3 is 2.24 bits per heavy atom. The number of unbranched alkanes of at least 4 members (excludes halogenated alkanes) is 8. The van der Waals surface area contributed by atoms with E-state index in [2.05, 4.69) is 19.1 Å². The van der Waals surface area contributed by atoms with Crippen molar-refractivity contribution in [2.75, 3.05) is 19.8 Å². The number of allylic oxidation sites excluding steroid dienone is 2. The van der Waals surface area contributed by atoms with E-state index in [1.807, 2.05) is 0 Å². The lowest BCUT2D eigenvalue weighted by atomic mass is 10.0. The van der Waals surface area contributed by atoms with Crippen LogP contribution in [0.25, 0.3) is 0 Å². The van der Waals surface area contributed by atoms with Crippen molar-refractivity contribution in [3.8, 4) is 0 Å². The van der Waals surface area contributed by atoms with Crippen LogP contribution in [0.15, 0.2) is 12.2 Å². The van der Waals surface area contributed by atoms with Gasteiger partial charge in [-0.15, -0.1) is 0 Å². The van der Waals surface area contributed by atoms with Crippen molar-refractivity contribution in [1.29, 1.82) is 0 Å². The minimum atomic E-state index is -1.08. The van der Waals surface area contributed by atoms with Gasteiger partial charge in [-0.05, 0) is 25.7 Å². The molecule has 0 unspecified atom stereocenters. The average Bonchev–Trinajstić information content (AvgIpc) is 2.62. The number of aliphatic hydroxyl groups excluding tert-OH is 3. The highest BCUT2D eigenvalue weighted by Crippen LogP contribution is 2.18. The molecule has 1 heterocycles. The molecule has 0 aromatic rings. The lowest BCUT2D eigenvalue weighted by Crippen LogP contribution is -2.55. The Hall–Kier alpha value is -0.460. The second-order valence-corrected chi connectivity index (χ2v) is 6.97. The molecule has 3 N–H and O–H groups in total. The van der Waals surface area contributed by atoms with E-state index in [4.69, 9.17) is 14.6 Å². The Bertz CT molecular complexity index is 334. The van der Waals surface area contributed by atoms with Gasteiger partial charge in [-0.1, -0.05) is 57.6 Å². The van der Waals surface area contributed by atoms with Crippen LogP contribution in [0.5, 0.6) is 0 Å². The lowest BCUT2D eigenvalue weighted by molar-refractivity contribution is -0.208. The van der Waals surface area contributed by atoms with Crippen LogP contribution in [-0.2, 0) is 9.47 Å². The summed E-state index contributed by atoms with van der Waals surface area (Å²) in [4.78, 5) is 0. The fraction of sp³-hybridized carbons (Fsp3) is 0.900. The highest BCUT2D eigenvalue weighted by Gasteiger charge is 2.38. The van der Waals surface area contributed by atoms with E-state index >= 15 is 0 Å². The first-order valence-corrected chi connectivity index (χ1v) is 10.1. The molecular weight excluding hydrogens is 320 g/mol. The van der Waals surface area contributed by atoms with Crippen molar-refractivity contribution < 1.29 is 24.8 Å². The van der Waals surface area contributed by atoms with Gasteiger partial charge in [-0.3, -0.25) is 0 Å². The molecule has 0 aliphatic carbocycles. The van der Waals surface area contributed by atoms with Crippen LogP contribution < -0.4 is 0 Å². The monoisotopic (exact) mass is 358 g/mol. The third-order valence-electron chi connectivity index (χ3n) is 4.74. The first-order valence-electron chi connectivity index (χ1n) is 10.1. The predicted molar refractivity (Wildman–Crippen MR) is 99.6 cm³/mol. The normalized spacial score (nSPS) is 27.2. The molecule has 1 aliphatic rings. The third-order valence-corrected chi connectivity index (χ3v) is 4.74. The van der Waals surface area contributed by atoms with Crippen LogP contribution in [0.4, 0.5) is 0 Å². The van der Waals surface area contributed by atoms with E-state index in [0.717, 1.165) is 12.8 Å². The second kappa shape index (κ2) is 14.7. The summed E-state index contributed by atoms with van der Waals surface area (Å²) in [6.07, 6.45) is 13.4. The highest BCUT2D eigenvalue weighted by molar-refractivity contribution is 4.87. The smallest absolute Gasteiger partial charge is 0.111 e. The van der Waals surface area contributed by atoms with Gasteiger partial charge in [0, 0.05) is 6.61 Å². The minimum absolute atomic E-state index is 0.218. The number of hydrogen-bond acceptors (Lipinski definition) is 5. The molecule has 25 heavy (non-hydrogen) atoms. The third kappa shape index (κ3) is 9.71. The Balaban J connectivity index is 1.90. The fourth-order valence-corrected chi connectivity index (χ4v) is 3.05. The molecular formula is C20H38O5. The Morgan fingerprint density at radius 2 is 1.56 bits per heavy atom. The van der Waals surface area contributed by atoms with Gasteiger partial charge in [0.15, 0.2) is 0 Å². The summed E-state index contributed by atoms with van der Waals surface area (Å²) in [5.74, 6) is 0. The van der Waals surface area contributed by atoms with Gasteiger partial charge >= 0.3 is 0 Å². The van der Waals surface area contributed by atoms with Gasteiger partial charge in [0.25, 0.3) is 0 Å².